The molecule has 18 heavy (non-hydrogen) atoms. The molecule has 0 radical (unpaired) electrons. The lowest BCUT2D eigenvalue weighted by Crippen LogP contribution is -2.41. The second-order valence-electron chi connectivity index (χ2n) is 4.23. The number of carbonyl (C=O) groups excluding carboxylic acids is 2. The fourth-order valence-corrected chi connectivity index (χ4v) is 1.26. The lowest BCUT2D eigenvalue weighted by Gasteiger charge is -2.18. The van der Waals surface area contributed by atoms with Gasteiger partial charge in [-0.3, -0.25) is 9.59 Å². The van der Waals surface area contributed by atoms with Crippen molar-refractivity contribution in [3.8, 4) is 0 Å². The maximum absolute atomic E-state index is 11.6. The van der Waals surface area contributed by atoms with Gasteiger partial charge in [-0.05, 0) is 5.92 Å². The monoisotopic (exact) mass is 259 g/mol. The van der Waals surface area contributed by atoms with Gasteiger partial charge < -0.3 is 20.6 Å². The predicted molar refractivity (Wildman–Crippen MR) is 66.1 cm³/mol. The molecule has 104 valence electrons. The van der Waals surface area contributed by atoms with Crippen LogP contribution in [0.3, 0.4) is 0 Å². The van der Waals surface area contributed by atoms with Crippen LogP contribution in [0.2, 0.25) is 0 Å². The zero-order chi connectivity index (χ0) is 14.1. The van der Waals surface area contributed by atoms with Gasteiger partial charge >= 0.3 is 12.0 Å². The number of nitrogens with one attached hydrogen (secondary N) is 2. The largest absolute Gasteiger partial charge is 0.481 e. The van der Waals surface area contributed by atoms with Gasteiger partial charge in [0, 0.05) is 40.0 Å². The molecule has 0 aromatic heterocycles. The van der Waals surface area contributed by atoms with E-state index in [2.05, 4.69) is 10.6 Å². The maximum Gasteiger partial charge on any atom is 0.317 e. The minimum absolute atomic E-state index is 0.0161. The Labute approximate surface area is 107 Å². The summed E-state index contributed by atoms with van der Waals surface area (Å²) in [5.41, 5.74) is 0. The molecule has 3 amide bonds. The molecule has 7 heteroatoms. The summed E-state index contributed by atoms with van der Waals surface area (Å²) in [5, 5.41) is 13.7. The highest BCUT2D eigenvalue weighted by Gasteiger charge is 2.12. The van der Waals surface area contributed by atoms with E-state index in [-0.39, 0.29) is 30.7 Å². The van der Waals surface area contributed by atoms with Crippen LogP contribution in [0.15, 0.2) is 0 Å². The quantitative estimate of drug-likeness (QED) is 0.593. The van der Waals surface area contributed by atoms with Gasteiger partial charge in [0.15, 0.2) is 0 Å². The molecule has 3 N–H and O–H groups in total. The summed E-state index contributed by atoms with van der Waals surface area (Å²) in [4.78, 5) is 34.4. The van der Waals surface area contributed by atoms with Gasteiger partial charge in [-0.2, -0.15) is 0 Å². The summed E-state index contributed by atoms with van der Waals surface area (Å²) in [6.07, 6.45) is 0.257. The molecule has 0 aromatic carbocycles. The Hall–Kier alpha value is -1.79. The van der Waals surface area contributed by atoms with Gasteiger partial charge in [-0.15, -0.1) is 0 Å². The zero-order valence-corrected chi connectivity index (χ0v) is 11.0. The van der Waals surface area contributed by atoms with Crippen LogP contribution in [-0.4, -0.2) is 55.1 Å². The minimum atomic E-state index is -0.885. The number of urea groups is 1. The second-order valence-corrected chi connectivity index (χ2v) is 4.23. The first kappa shape index (κ1) is 16.2. The number of rotatable bonds is 7. The normalized spacial score (nSPS) is 11.5. The van der Waals surface area contributed by atoms with E-state index in [1.165, 1.54) is 11.9 Å². The third kappa shape index (κ3) is 7.48. The van der Waals surface area contributed by atoms with Crippen LogP contribution in [0.4, 0.5) is 4.79 Å². The highest BCUT2D eigenvalue weighted by Crippen LogP contribution is 1.99. The summed E-state index contributed by atoms with van der Waals surface area (Å²) >= 11 is 0. The number of nitrogens with zero attached hydrogens (tertiary/aromatic N) is 1. The molecule has 0 saturated carbocycles. The molecular formula is C11H21N3O4. The molecule has 1 atom stereocenters. The molecule has 0 heterocycles. The summed E-state index contributed by atoms with van der Waals surface area (Å²) in [7, 11) is 3.12. The van der Waals surface area contributed by atoms with Gasteiger partial charge in [0.25, 0.3) is 0 Å². The first-order chi connectivity index (χ1) is 8.36. The first-order valence-electron chi connectivity index (χ1n) is 5.78. The summed E-state index contributed by atoms with van der Waals surface area (Å²) in [6, 6.07) is -0.309. The van der Waals surface area contributed by atoms with Crippen LogP contribution in [-0.2, 0) is 9.59 Å². The van der Waals surface area contributed by atoms with E-state index in [4.69, 9.17) is 5.11 Å². The van der Waals surface area contributed by atoms with Gasteiger partial charge in [0.05, 0.1) is 0 Å². The third-order valence-electron chi connectivity index (χ3n) is 2.42. The average molecular weight is 259 g/mol. The van der Waals surface area contributed by atoms with Crippen molar-refractivity contribution in [3.63, 3.8) is 0 Å². The lowest BCUT2D eigenvalue weighted by atomic mass is 10.1. The topological polar surface area (TPSA) is 98.7 Å². The number of aliphatic carboxylic acids is 1. The molecule has 1 unspecified atom stereocenters. The standard InChI is InChI=1S/C11H21N3O4/c1-8(6-10(16)17)7-13-11(18)14(3)5-4-9(15)12-2/h8H,4-7H2,1-3H3,(H,12,15)(H,13,18)(H,16,17). The van der Waals surface area contributed by atoms with Gasteiger partial charge in [-0.1, -0.05) is 6.92 Å². The molecule has 0 rings (SSSR count). The minimum Gasteiger partial charge on any atom is -0.481 e. The molecule has 0 aliphatic carbocycles. The van der Waals surface area contributed by atoms with Crippen molar-refractivity contribution < 1.29 is 19.5 Å². The van der Waals surface area contributed by atoms with Crippen molar-refractivity contribution in [2.24, 2.45) is 5.92 Å². The molecular weight excluding hydrogens is 238 g/mol. The number of hydrogen-bond acceptors (Lipinski definition) is 3. The molecule has 0 bridgehead atoms. The van der Waals surface area contributed by atoms with Gasteiger partial charge in [0.1, 0.15) is 0 Å². The number of carboxylic acid groups (broad SMARTS) is 1. The summed E-state index contributed by atoms with van der Waals surface area (Å²) in [6.45, 7) is 2.37. The predicted octanol–water partition coefficient (Wildman–Crippen LogP) is -0.125. The van der Waals surface area contributed by atoms with Crippen molar-refractivity contribution in [1.82, 2.24) is 15.5 Å². The van der Waals surface area contributed by atoms with E-state index in [9.17, 15) is 14.4 Å². The Bertz CT molecular complexity index is 307. The van der Waals surface area contributed by atoms with E-state index in [1.807, 2.05) is 0 Å². The molecule has 0 aliphatic rings. The fourth-order valence-electron chi connectivity index (χ4n) is 1.26. The van der Waals surface area contributed by atoms with Crippen molar-refractivity contribution in [2.75, 3.05) is 27.2 Å². The molecule has 0 spiro atoms. The van der Waals surface area contributed by atoms with Crippen molar-refractivity contribution in [3.05, 3.63) is 0 Å². The van der Waals surface area contributed by atoms with E-state index in [0.717, 1.165) is 0 Å². The Morgan fingerprint density at radius 1 is 1.33 bits per heavy atom. The molecule has 0 fully saturated rings. The van der Waals surface area contributed by atoms with Crippen LogP contribution < -0.4 is 10.6 Å². The van der Waals surface area contributed by atoms with E-state index >= 15 is 0 Å². The maximum atomic E-state index is 11.6. The number of carboxylic acids is 1. The molecule has 0 aromatic rings. The SMILES string of the molecule is CNC(=O)CCN(C)C(=O)NCC(C)CC(=O)O. The fraction of sp³-hybridized carbons (Fsp3) is 0.727. The van der Waals surface area contributed by atoms with Crippen LogP contribution >= 0.6 is 0 Å². The van der Waals surface area contributed by atoms with E-state index in [1.54, 1.807) is 14.0 Å². The van der Waals surface area contributed by atoms with E-state index in [0.29, 0.717) is 13.1 Å². The van der Waals surface area contributed by atoms with Crippen molar-refractivity contribution in [2.45, 2.75) is 19.8 Å². The zero-order valence-electron chi connectivity index (χ0n) is 11.0. The van der Waals surface area contributed by atoms with Gasteiger partial charge in [0.2, 0.25) is 5.91 Å². The van der Waals surface area contributed by atoms with Crippen LogP contribution in [0, 0.1) is 5.92 Å². The molecule has 0 aliphatic heterocycles. The summed E-state index contributed by atoms with van der Waals surface area (Å²) < 4.78 is 0. The number of hydrogen-bond donors (Lipinski definition) is 3. The van der Waals surface area contributed by atoms with E-state index < -0.39 is 5.97 Å². The number of amides is 3. The Morgan fingerprint density at radius 3 is 2.44 bits per heavy atom. The van der Waals surface area contributed by atoms with Gasteiger partial charge in [-0.25, -0.2) is 4.79 Å². The summed E-state index contributed by atoms with van der Waals surface area (Å²) in [5.74, 6) is -1.14. The van der Waals surface area contributed by atoms with Crippen LogP contribution in [0.1, 0.15) is 19.8 Å². The van der Waals surface area contributed by atoms with Crippen molar-refractivity contribution >= 4 is 17.9 Å². The van der Waals surface area contributed by atoms with Crippen LogP contribution in [0.5, 0.6) is 0 Å². The van der Waals surface area contributed by atoms with Crippen LogP contribution in [0.25, 0.3) is 0 Å². The van der Waals surface area contributed by atoms with Crippen molar-refractivity contribution in [1.29, 1.82) is 0 Å². The number of carbonyl (C=O) groups is 3. The lowest BCUT2D eigenvalue weighted by molar-refractivity contribution is -0.137. The second kappa shape index (κ2) is 8.32. The first-order valence-corrected chi connectivity index (χ1v) is 5.78. The molecule has 0 saturated heterocycles. The average Bonchev–Trinajstić information content (AvgIpc) is 2.31. The Balaban J connectivity index is 3.87. The highest BCUT2D eigenvalue weighted by molar-refractivity contribution is 5.77. The Kier molecular flexibility index (Phi) is 7.50. The highest BCUT2D eigenvalue weighted by atomic mass is 16.4. The Morgan fingerprint density at radius 2 is 1.94 bits per heavy atom. The third-order valence-corrected chi connectivity index (χ3v) is 2.42. The smallest absolute Gasteiger partial charge is 0.317 e. The molecule has 7 nitrogen and oxygen atoms in total.